The molecule has 1 atom stereocenters. The standard InChI is InChI=1S/C27H31F3N4O3S/c1-19-5-4-8-26-25(19)16-33(38(35,36)24-11-9-20(10-12-24)27(28,29)30)15-22(17-37-23-6-2-3-7-23)34(26)14-21-13-31-18-32-21/h4-5,8-13,18,22-23H,2-3,6-7,14-17H2,1H3,(H,31,32)/t22-/m0/s1. The molecule has 204 valence electrons. The Labute approximate surface area is 220 Å². The number of benzene rings is 2. The molecule has 0 unspecified atom stereocenters. The van der Waals surface area contributed by atoms with Gasteiger partial charge in [-0.3, -0.25) is 0 Å². The first-order valence-electron chi connectivity index (χ1n) is 12.7. The van der Waals surface area contributed by atoms with Crippen LogP contribution in [0.25, 0.3) is 0 Å². The Bertz CT molecular complexity index is 1340. The lowest BCUT2D eigenvalue weighted by Gasteiger charge is -2.34. The molecule has 0 saturated heterocycles. The number of sulfonamides is 1. The van der Waals surface area contributed by atoms with E-state index in [1.54, 1.807) is 12.5 Å². The molecule has 1 aromatic heterocycles. The molecule has 11 heteroatoms. The zero-order valence-corrected chi connectivity index (χ0v) is 21.9. The highest BCUT2D eigenvalue weighted by molar-refractivity contribution is 7.89. The topological polar surface area (TPSA) is 78.5 Å². The van der Waals surface area contributed by atoms with Gasteiger partial charge in [0.05, 0.1) is 47.8 Å². The molecule has 2 aromatic carbocycles. The first-order valence-corrected chi connectivity index (χ1v) is 14.2. The number of aromatic amines is 1. The van der Waals surface area contributed by atoms with Crippen LogP contribution < -0.4 is 4.90 Å². The summed E-state index contributed by atoms with van der Waals surface area (Å²) in [5.41, 5.74) is 2.68. The van der Waals surface area contributed by atoms with Gasteiger partial charge in [-0.1, -0.05) is 25.0 Å². The van der Waals surface area contributed by atoms with Crippen molar-refractivity contribution in [3.05, 3.63) is 77.4 Å². The largest absolute Gasteiger partial charge is 0.416 e. The van der Waals surface area contributed by atoms with Gasteiger partial charge in [0.2, 0.25) is 10.0 Å². The summed E-state index contributed by atoms with van der Waals surface area (Å²) in [7, 11) is -4.10. The molecule has 0 radical (unpaired) electrons. The molecule has 1 fully saturated rings. The van der Waals surface area contributed by atoms with Gasteiger partial charge >= 0.3 is 6.18 Å². The Balaban J connectivity index is 1.52. The van der Waals surface area contributed by atoms with E-state index in [1.807, 2.05) is 25.1 Å². The van der Waals surface area contributed by atoms with Crippen molar-refractivity contribution in [1.29, 1.82) is 0 Å². The maximum atomic E-state index is 13.8. The quantitative estimate of drug-likeness (QED) is 0.435. The summed E-state index contributed by atoms with van der Waals surface area (Å²) in [5.74, 6) is 0. The van der Waals surface area contributed by atoms with Crippen LogP contribution in [0.4, 0.5) is 18.9 Å². The molecule has 1 aliphatic carbocycles. The fourth-order valence-electron chi connectivity index (χ4n) is 5.29. The summed E-state index contributed by atoms with van der Waals surface area (Å²) in [6.45, 7) is 2.96. The van der Waals surface area contributed by atoms with Crippen LogP contribution in [-0.2, 0) is 34.0 Å². The number of ether oxygens (including phenoxy) is 1. The Morgan fingerprint density at radius 1 is 1.11 bits per heavy atom. The van der Waals surface area contributed by atoms with Crippen molar-refractivity contribution in [2.24, 2.45) is 0 Å². The molecule has 38 heavy (non-hydrogen) atoms. The second-order valence-corrected chi connectivity index (χ2v) is 11.9. The van der Waals surface area contributed by atoms with E-state index in [1.165, 1.54) is 4.31 Å². The second-order valence-electron chi connectivity index (χ2n) is 9.99. The minimum atomic E-state index is -4.54. The Kier molecular flexibility index (Phi) is 7.52. The molecule has 2 heterocycles. The van der Waals surface area contributed by atoms with Crippen LogP contribution >= 0.6 is 0 Å². The third kappa shape index (κ3) is 5.60. The molecule has 0 bridgehead atoms. The summed E-state index contributed by atoms with van der Waals surface area (Å²) in [6.07, 6.45) is 3.14. The number of nitrogens with zero attached hydrogens (tertiary/aromatic N) is 3. The number of hydrogen-bond acceptors (Lipinski definition) is 5. The molecule has 0 spiro atoms. The maximum absolute atomic E-state index is 13.8. The fourth-order valence-corrected chi connectivity index (χ4v) is 6.74. The molecule has 5 rings (SSSR count). The van der Waals surface area contributed by atoms with Gasteiger partial charge in [-0.25, -0.2) is 13.4 Å². The van der Waals surface area contributed by atoms with Crippen molar-refractivity contribution in [1.82, 2.24) is 14.3 Å². The number of imidazole rings is 1. The van der Waals surface area contributed by atoms with Crippen molar-refractivity contribution in [3.63, 3.8) is 0 Å². The number of aryl methyl sites for hydroxylation is 1. The van der Waals surface area contributed by atoms with E-state index in [4.69, 9.17) is 4.74 Å². The Hall–Kier alpha value is -2.89. The van der Waals surface area contributed by atoms with Gasteiger partial charge in [-0.05, 0) is 61.2 Å². The molecule has 0 amide bonds. The van der Waals surface area contributed by atoms with Crippen molar-refractivity contribution in [2.45, 2.75) is 68.9 Å². The number of H-pyrrole nitrogens is 1. The van der Waals surface area contributed by atoms with Gasteiger partial charge in [0.25, 0.3) is 0 Å². The van der Waals surface area contributed by atoms with Crippen LogP contribution in [0.5, 0.6) is 0 Å². The summed E-state index contributed by atoms with van der Waals surface area (Å²) < 4.78 is 74.6. The molecular formula is C27H31F3N4O3S. The average Bonchev–Trinajstić information content (AvgIpc) is 3.57. The highest BCUT2D eigenvalue weighted by atomic mass is 32.2. The maximum Gasteiger partial charge on any atom is 0.416 e. The first kappa shape index (κ1) is 26.7. The lowest BCUT2D eigenvalue weighted by Crippen LogP contribution is -2.46. The minimum absolute atomic E-state index is 0.102. The first-order chi connectivity index (χ1) is 18.1. The number of hydrogen-bond donors (Lipinski definition) is 1. The van der Waals surface area contributed by atoms with Crippen LogP contribution in [0.2, 0.25) is 0 Å². The number of rotatable bonds is 7. The summed E-state index contributed by atoms with van der Waals surface area (Å²) in [5, 5.41) is 0. The summed E-state index contributed by atoms with van der Waals surface area (Å²) in [6, 6.07) is 9.24. The van der Waals surface area contributed by atoms with Crippen LogP contribution in [-0.4, -0.2) is 48.0 Å². The molecule has 2 aliphatic rings. The summed E-state index contributed by atoms with van der Waals surface area (Å²) in [4.78, 5) is 9.26. The molecular weight excluding hydrogens is 517 g/mol. The lowest BCUT2D eigenvalue weighted by molar-refractivity contribution is -0.137. The number of halogens is 3. The normalized spacial score (nSPS) is 19.5. The SMILES string of the molecule is Cc1cccc2c1CN(S(=O)(=O)c1ccc(C(F)(F)F)cc1)C[C@@H](COC1CCCC1)N2Cc1cnc[nH]1. The monoisotopic (exact) mass is 548 g/mol. The minimum Gasteiger partial charge on any atom is -0.376 e. The van der Waals surface area contributed by atoms with E-state index in [2.05, 4.69) is 14.9 Å². The van der Waals surface area contributed by atoms with Gasteiger partial charge in [0, 0.05) is 25.0 Å². The molecule has 3 aromatic rings. The van der Waals surface area contributed by atoms with E-state index in [0.29, 0.717) is 13.2 Å². The van der Waals surface area contributed by atoms with Gasteiger partial charge in [-0.15, -0.1) is 0 Å². The van der Waals surface area contributed by atoms with Crippen molar-refractivity contribution >= 4 is 15.7 Å². The van der Waals surface area contributed by atoms with Gasteiger partial charge in [0.15, 0.2) is 0 Å². The highest BCUT2D eigenvalue weighted by Gasteiger charge is 2.37. The van der Waals surface area contributed by atoms with Crippen LogP contribution in [0.1, 0.15) is 48.1 Å². The zero-order valence-electron chi connectivity index (χ0n) is 21.1. The van der Waals surface area contributed by atoms with Crippen LogP contribution in [0.3, 0.4) is 0 Å². The van der Waals surface area contributed by atoms with Crippen molar-refractivity contribution in [3.8, 4) is 0 Å². The predicted octanol–water partition coefficient (Wildman–Crippen LogP) is 5.28. The Morgan fingerprint density at radius 2 is 1.84 bits per heavy atom. The van der Waals surface area contributed by atoms with Gasteiger partial charge in [0.1, 0.15) is 0 Å². The van der Waals surface area contributed by atoms with E-state index in [-0.39, 0.29) is 30.1 Å². The Morgan fingerprint density at radius 3 is 2.50 bits per heavy atom. The van der Waals surface area contributed by atoms with E-state index < -0.39 is 21.8 Å². The van der Waals surface area contributed by atoms with Gasteiger partial charge in [-0.2, -0.15) is 17.5 Å². The third-order valence-corrected chi connectivity index (χ3v) is 9.25. The second kappa shape index (κ2) is 10.7. The molecule has 1 aliphatic heterocycles. The van der Waals surface area contributed by atoms with Crippen LogP contribution in [0, 0.1) is 6.92 Å². The number of nitrogens with one attached hydrogen (secondary N) is 1. The number of aromatic nitrogens is 2. The third-order valence-electron chi connectivity index (χ3n) is 7.43. The predicted molar refractivity (Wildman–Crippen MR) is 137 cm³/mol. The van der Waals surface area contributed by atoms with Crippen molar-refractivity contribution < 1.29 is 26.3 Å². The van der Waals surface area contributed by atoms with E-state index >= 15 is 0 Å². The van der Waals surface area contributed by atoms with E-state index in [9.17, 15) is 21.6 Å². The molecule has 7 nitrogen and oxygen atoms in total. The highest BCUT2D eigenvalue weighted by Crippen LogP contribution is 2.35. The van der Waals surface area contributed by atoms with Crippen molar-refractivity contribution in [2.75, 3.05) is 18.1 Å². The summed E-state index contributed by atoms with van der Waals surface area (Å²) >= 11 is 0. The average molecular weight is 549 g/mol. The lowest BCUT2D eigenvalue weighted by atomic mass is 10.1. The molecule has 1 saturated carbocycles. The number of fused-ring (bicyclic) bond motifs is 1. The zero-order chi connectivity index (χ0) is 26.9. The van der Waals surface area contributed by atoms with Gasteiger partial charge < -0.3 is 14.6 Å². The number of anilines is 1. The number of alkyl halides is 3. The van der Waals surface area contributed by atoms with E-state index in [0.717, 1.165) is 72.5 Å². The van der Waals surface area contributed by atoms with Crippen LogP contribution in [0.15, 0.2) is 59.9 Å². The molecule has 1 N–H and O–H groups in total. The fraction of sp³-hybridized carbons (Fsp3) is 0.444. The smallest absolute Gasteiger partial charge is 0.376 e.